The fraction of sp³-hybridized carbons (Fsp3) is 0.857. The van der Waals surface area contributed by atoms with Gasteiger partial charge in [0.05, 0.1) is 0 Å². The SMILES string of the molecule is C[C@]12CCC(=O)C=C1CC[C@@H]1[C@@H]2CC[C@@]2(C)[C@H]1CC[C@@]2(O)C(F)(F)C(F)(F)F. The van der Waals surface area contributed by atoms with E-state index in [1.165, 1.54) is 6.92 Å². The Balaban J connectivity index is 1.70. The Hall–Kier alpha value is -0.980. The van der Waals surface area contributed by atoms with E-state index in [-0.39, 0.29) is 41.8 Å². The second-order valence-electron chi connectivity index (χ2n) is 9.90. The molecule has 0 unspecified atom stereocenters. The minimum atomic E-state index is -5.77. The number of carbonyl (C=O) groups excluding carboxylic acids is 1. The molecular weight excluding hydrogens is 379 g/mol. The maximum Gasteiger partial charge on any atom is 0.456 e. The zero-order valence-electron chi connectivity index (χ0n) is 16.2. The summed E-state index contributed by atoms with van der Waals surface area (Å²) >= 11 is 0. The number of alkyl halides is 5. The van der Waals surface area contributed by atoms with Gasteiger partial charge in [-0.05, 0) is 74.2 Å². The number of halogens is 5. The molecule has 0 amide bonds. The maximum absolute atomic E-state index is 14.4. The van der Waals surface area contributed by atoms with Gasteiger partial charge in [-0.3, -0.25) is 4.79 Å². The van der Waals surface area contributed by atoms with Crippen LogP contribution in [0.25, 0.3) is 0 Å². The highest BCUT2D eigenvalue weighted by Crippen LogP contribution is 2.70. The van der Waals surface area contributed by atoms with E-state index in [1.807, 2.05) is 0 Å². The van der Waals surface area contributed by atoms with Crippen LogP contribution in [0.2, 0.25) is 0 Å². The molecule has 158 valence electrons. The Morgan fingerprint density at radius 3 is 2.25 bits per heavy atom. The summed E-state index contributed by atoms with van der Waals surface area (Å²) in [6.07, 6.45) is -1.17. The van der Waals surface area contributed by atoms with Crippen molar-refractivity contribution < 1.29 is 31.9 Å². The molecule has 0 spiro atoms. The quantitative estimate of drug-likeness (QED) is 0.588. The van der Waals surface area contributed by atoms with Crippen molar-refractivity contribution in [1.29, 1.82) is 0 Å². The zero-order valence-corrected chi connectivity index (χ0v) is 16.2. The van der Waals surface area contributed by atoms with Gasteiger partial charge in [-0.15, -0.1) is 0 Å². The van der Waals surface area contributed by atoms with Crippen LogP contribution in [0.15, 0.2) is 11.6 Å². The fourth-order valence-corrected chi connectivity index (χ4v) is 7.33. The standard InChI is InChI=1S/C21H27F5O2/c1-17-8-5-13(27)11-12(17)3-4-14-15(17)6-9-18(2)16(14)7-10-19(18,28)20(22,23)21(24,25)26/h11,14-16,28H,3-10H2,1-2H3/t14-,15+,16+,17+,18+,19+/m1/s1. The van der Waals surface area contributed by atoms with Crippen molar-refractivity contribution >= 4 is 5.78 Å². The Labute approximate surface area is 161 Å². The van der Waals surface area contributed by atoms with Crippen LogP contribution in [0, 0.1) is 28.6 Å². The van der Waals surface area contributed by atoms with E-state index in [0.717, 1.165) is 5.57 Å². The van der Waals surface area contributed by atoms with Gasteiger partial charge in [0.25, 0.3) is 0 Å². The summed E-state index contributed by atoms with van der Waals surface area (Å²) in [5.74, 6) is -5.20. The van der Waals surface area contributed by atoms with Crippen LogP contribution < -0.4 is 0 Å². The largest absolute Gasteiger partial charge is 0.456 e. The average Bonchev–Trinajstić information content (AvgIpc) is 2.87. The van der Waals surface area contributed by atoms with E-state index in [1.54, 1.807) is 6.08 Å². The molecule has 7 heteroatoms. The molecule has 0 bridgehead atoms. The number of aliphatic hydroxyl groups is 1. The number of rotatable bonds is 1. The first-order valence-electron chi connectivity index (χ1n) is 10.2. The summed E-state index contributed by atoms with van der Waals surface area (Å²) < 4.78 is 68.3. The second kappa shape index (κ2) is 5.79. The van der Waals surface area contributed by atoms with Crippen molar-refractivity contribution in [3.63, 3.8) is 0 Å². The van der Waals surface area contributed by atoms with Crippen LogP contribution in [-0.2, 0) is 4.79 Å². The van der Waals surface area contributed by atoms with Crippen molar-refractivity contribution in [2.75, 3.05) is 0 Å². The lowest BCUT2D eigenvalue weighted by Crippen LogP contribution is -2.65. The summed E-state index contributed by atoms with van der Waals surface area (Å²) in [6, 6.07) is 0. The van der Waals surface area contributed by atoms with Gasteiger partial charge in [0.15, 0.2) is 5.78 Å². The van der Waals surface area contributed by atoms with Gasteiger partial charge >= 0.3 is 12.1 Å². The van der Waals surface area contributed by atoms with Crippen molar-refractivity contribution in [2.24, 2.45) is 28.6 Å². The molecule has 4 aliphatic carbocycles. The third-order valence-electron chi connectivity index (χ3n) is 8.99. The Morgan fingerprint density at radius 1 is 0.964 bits per heavy atom. The summed E-state index contributed by atoms with van der Waals surface area (Å²) in [5.41, 5.74) is -3.60. The van der Waals surface area contributed by atoms with Gasteiger partial charge in [-0.2, -0.15) is 22.0 Å². The van der Waals surface area contributed by atoms with E-state index in [9.17, 15) is 31.9 Å². The molecule has 0 saturated heterocycles. The Morgan fingerprint density at radius 2 is 1.61 bits per heavy atom. The van der Waals surface area contributed by atoms with Gasteiger partial charge in [0.1, 0.15) is 5.60 Å². The summed E-state index contributed by atoms with van der Waals surface area (Å²) in [7, 11) is 0. The molecule has 3 fully saturated rings. The van der Waals surface area contributed by atoms with E-state index >= 15 is 0 Å². The van der Waals surface area contributed by atoms with Crippen molar-refractivity contribution in [3.05, 3.63) is 11.6 Å². The van der Waals surface area contributed by atoms with Gasteiger partial charge in [-0.25, -0.2) is 0 Å². The summed E-state index contributed by atoms with van der Waals surface area (Å²) in [4.78, 5) is 11.8. The van der Waals surface area contributed by atoms with Crippen molar-refractivity contribution in [1.82, 2.24) is 0 Å². The zero-order chi connectivity index (χ0) is 20.8. The highest BCUT2D eigenvalue weighted by atomic mass is 19.4. The first-order valence-corrected chi connectivity index (χ1v) is 10.2. The van der Waals surface area contributed by atoms with Gasteiger partial charge in [0, 0.05) is 11.8 Å². The first-order chi connectivity index (χ1) is 12.8. The monoisotopic (exact) mass is 406 g/mol. The first kappa shape index (κ1) is 20.3. The molecule has 1 N–H and O–H groups in total. The number of hydrogen-bond acceptors (Lipinski definition) is 2. The normalized spacial score (nSPS) is 46.5. The second-order valence-corrected chi connectivity index (χ2v) is 9.90. The van der Waals surface area contributed by atoms with E-state index < -0.39 is 29.5 Å². The van der Waals surface area contributed by atoms with Gasteiger partial charge in [-0.1, -0.05) is 19.4 Å². The Kier molecular flexibility index (Phi) is 4.20. The lowest BCUT2D eigenvalue weighted by Gasteiger charge is -2.59. The number of fused-ring (bicyclic) bond motifs is 5. The van der Waals surface area contributed by atoms with Crippen LogP contribution in [0.5, 0.6) is 0 Å². The average molecular weight is 406 g/mol. The van der Waals surface area contributed by atoms with E-state index in [0.29, 0.717) is 32.1 Å². The maximum atomic E-state index is 14.4. The van der Waals surface area contributed by atoms with Crippen LogP contribution in [0.3, 0.4) is 0 Å². The lowest BCUT2D eigenvalue weighted by atomic mass is 9.46. The fourth-order valence-electron chi connectivity index (χ4n) is 7.33. The van der Waals surface area contributed by atoms with Crippen molar-refractivity contribution in [2.45, 2.75) is 82.9 Å². The molecule has 0 aromatic carbocycles. The lowest BCUT2D eigenvalue weighted by molar-refractivity contribution is -0.363. The molecular formula is C21H27F5O2. The minimum absolute atomic E-state index is 0.00663. The van der Waals surface area contributed by atoms with E-state index in [2.05, 4.69) is 6.92 Å². The molecule has 0 aromatic heterocycles. The Bertz CT molecular complexity index is 729. The highest BCUT2D eigenvalue weighted by Gasteiger charge is 2.79. The topological polar surface area (TPSA) is 37.3 Å². The number of hydrogen-bond donors (Lipinski definition) is 1. The van der Waals surface area contributed by atoms with Crippen LogP contribution >= 0.6 is 0 Å². The smallest absolute Gasteiger partial charge is 0.383 e. The third kappa shape index (κ3) is 2.31. The highest BCUT2D eigenvalue weighted by molar-refractivity contribution is 5.91. The molecule has 0 radical (unpaired) electrons. The molecule has 2 nitrogen and oxygen atoms in total. The van der Waals surface area contributed by atoms with Crippen LogP contribution in [0.4, 0.5) is 22.0 Å². The molecule has 0 aromatic rings. The molecule has 28 heavy (non-hydrogen) atoms. The molecule has 4 aliphatic rings. The molecule has 0 aliphatic heterocycles. The van der Waals surface area contributed by atoms with Gasteiger partial charge < -0.3 is 5.11 Å². The summed E-state index contributed by atoms with van der Waals surface area (Å²) in [5, 5.41) is 10.8. The predicted octanol–water partition coefficient (Wildman–Crippen LogP) is 5.45. The van der Waals surface area contributed by atoms with Gasteiger partial charge in [0.2, 0.25) is 0 Å². The number of ketones is 1. The number of carbonyl (C=O) groups is 1. The molecule has 0 heterocycles. The number of allylic oxidation sites excluding steroid dienone is 1. The predicted molar refractivity (Wildman–Crippen MR) is 92.7 cm³/mol. The van der Waals surface area contributed by atoms with Crippen molar-refractivity contribution in [3.8, 4) is 0 Å². The van der Waals surface area contributed by atoms with Crippen LogP contribution in [-0.4, -0.2) is 28.6 Å². The molecule has 3 saturated carbocycles. The van der Waals surface area contributed by atoms with E-state index in [4.69, 9.17) is 0 Å². The molecule has 6 atom stereocenters. The minimum Gasteiger partial charge on any atom is -0.383 e. The summed E-state index contributed by atoms with van der Waals surface area (Å²) in [6.45, 7) is 3.56. The third-order valence-corrected chi connectivity index (χ3v) is 8.99. The van der Waals surface area contributed by atoms with Crippen LogP contribution in [0.1, 0.15) is 65.2 Å². The molecule has 4 rings (SSSR count).